The molecule has 3 rings (SSSR count). The molecule has 1 fully saturated rings. The Morgan fingerprint density at radius 2 is 2.39 bits per heavy atom. The van der Waals surface area contributed by atoms with Crippen LogP contribution in [-0.2, 0) is 4.79 Å². The number of hydrogen-bond donors (Lipinski definition) is 0. The number of likely N-dealkylation sites (tertiary alicyclic amines) is 1. The van der Waals surface area contributed by atoms with Crippen molar-refractivity contribution in [3.63, 3.8) is 0 Å². The molecular formula is C15H15ClFN3O3. The van der Waals surface area contributed by atoms with Crippen LogP contribution in [0, 0.1) is 12.7 Å². The van der Waals surface area contributed by atoms with Crippen LogP contribution in [0.15, 0.2) is 22.7 Å². The lowest BCUT2D eigenvalue weighted by Gasteiger charge is -2.16. The van der Waals surface area contributed by atoms with Crippen LogP contribution in [0.25, 0.3) is 0 Å². The lowest BCUT2D eigenvalue weighted by atomic mass is 10.1. The summed E-state index contributed by atoms with van der Waals surface area (Å²) in [5, 5.41) is 3.90. The van der Waals surface area contributed by atoms with E-state index in [1.54, 1.807) is 11.8 Å². The van der Waals surface area contributed by atoms with Gasteiger partial charge in [-0.2, -0.15) is 4.98 Å². The van der Waals surface area contributed by atoms with Gasteiger partial charge in [-0.25, -0.2) is 4.39 Å². The predicted octanol–water partition coefficient (Wildman–Crippen LogP) is 2.57. The lowest BCUT2D eigenvalue weighted by molar-refractivity contribution is -0.132. The Morgan fingerprint density at radius 1 is 1.57 bits per heavy atom. The summed E-state index contributed by atoms with van der Waals surface area (Å²) in [4.78, 5) is 18.1. The van der Waals surface area contributed by atoms with Crippen LogP contribution in [0.4, 0.5) is 4.39 Å². The van der Waals surface area contributed by atoms with Gasteiger partial charge >= 0.3 is 0 Å². The molecule has 1 aromatic heterocycles. The Balaban J connectivity index is 1.55. The van der Waals surface area contributed by atoms with Gasteiger partial charge in [0.1, 0.15) is 11.6 Å². The number of ether oxygens (including phenoxy) is 1. The fourth-order valence-electron chi connectivity index (χ4n) is 2.49. The van der Waals surface area contributed by atoms with Crippen molar-refractivity contribution >= 4 is 17.5 Å². The van der Waals surface area contributed by atoms with Gasteiger partial charge in [-0.3, -0.25) is 4.79 Å². The average molecular weight is 340 g/mol. The van der Waals surface area contributed by atoms with Crippen molar-refractivity contribution in [2.45, 2.75) is 19.3 Å². The van der Waals surface area contributed by atoms with E-state index in [2.05, 4.69) is 10.1 Å². The molecule has 1 saturated heterocycles. The Morgan fingerprint density at radius 3 is 3.09 bits per heavy atom. The van der Waals surface area contributed by atoms with Gasteiger partial charge in [0, 0.05) is 13.1 Å². The molecule has 23 heavy (non-hydrogen) atoms. The standard InChI is InChI=1S/C15H15ClFN3O3/c1-9-18-15(23-19-9)10-4-5-20(7-10)14(21)8-22-13-3-2-11(17)6-12(13)16/h2-3,6,10H,4-5,7-8H2,1H3. The number of nitrogens with zero attached hydrogens (tertiary/aromatic N) is 3. The van der Waals surface area contributed by atoms with Crippen LogP contribution >= 0.6 is 11.6 Å². The summed E-state index contributed by atoms with van der Waals surface area (Å²) in [7, 11) is 0. The van der Waals surface area contributed by atoms with Crippen LogP contribution in [0.5, 0.6) is 5.75 Å². The van der Waals surface area contributed by atoms with Crippen LogP contribution in [-0.4, -0.2) is 40.6 Å². The van der Waals surface area contributed by atoms with Gasteiger partial charge < -0.3 is 14.2 Å². The molecule has 1 atom stereocenters. The van der Waals surface area contributed by atoms with E-state index in [4.69, 9.17) is 20.9 Å². The normalized spacial score (nSPS) is 17.5. The van der Waals surface area contributed by atoms with Crippen molar-refractivity contribution in [1.82, 2.24) is 15.0 Å². The van der Waals surface area contributed by atoms with E-state index in [9.17, 15) is 9.18 Å². The number of aromatic nitrogens is 2. The quantitative estimate of drug-likeness (QED) is 0.856. The monoisotopic (exact) mass is 339 g/mol. The lowest BCUT2D eigenvalue weighted by Crippen LogP contribution is -2.32. The van der Waals surface area contributed by atoms with Crippen LogP contribution < -0.4 is 4.74 Å². The zero-order chi connectivity index (χ0) is 16.4. The van der Waals surface area contributed by atoms with Gasteiger partial charge in [-0.05, 0) is 31.5 Å². The maximum absolute atomic E-state index is 13.0. The number of benzene rings is 1. The van der Waals surface area contributed by atoms with Crippen molar-refractivity contribution in [3.05, 3.63) is 40.8 Å². The second-order valence-corrected chi connectivity index (χ2v) is 5.78. The number of halogens is 2. The summed E-state index contributed by atoms with van der Waals surface area (Å²) in [6.07, 6.45) is 0.769. The molecule has 0 saturated carbocycles. The summed E-state index contributed by atoms with van der Waals surface area (Å²) in [6, 6.07) is 3.78. The van der Waals surface area contributed by atoms with Gasteiger partial charge in [0.2, 0.25) is 5.89 Å². The second-order valence-electron chi connectivity index (χ2n) is 5.37. The molecule has 1 aromatic carbocycles. The minimum absolute atomic E-state index is 0.0505. The first kappa shape index (κ1) is 15.7. The first-order valence-corrected chi connectivity index (χ1v) is 7.56. The third-order valence-electron chi connectivity index (χ3n) is 3.68. The largest absolute Gasteiger partial charge is 0.482 e. The first-order valence-electron chi connectivity index (χ1n) is 7.19. The first-order chi connectivity index (χ1) is 11.0. The van der Waals surface area contributed by atoms with Gasteiger partial charge in [-0.1, -0.05) is 16.8 Å². The summed E-state index contributed by atoms with van der Waals surface area (Å²) in [5.41, 5.74) is 0. The third-order valence-corrected chi connectivity index (χ3v) is 3.97. The smallest absolute Gasteiger partial charge is 0.260 e. The SMILES string of the molecule is Cc1noc(C2CCN(C(=O)COc3ccc(F)cc3Cl)C2)n1. The Labute approximate surface area is 137 Å². The Bertz CT molecular complexity index is 722. The molecule has 1 aliphatic rings. The van der Waals surface area contributed by atoms with E-state index in [0.29, 0.717) is 24.8 Å². The third kappa shape index (κ3) is 3.61. The van der Waals surface area contributed by atoms with E-state index in [1.165, 1.54) is 12.1 Å². The molecule has 2 aromatic rings. The molecule has 0 radical (unpaired) electrons. The summed E-state index contributed by atoms with van der Waals surface area (Å²) < 4.78 is 23.5. The molecule has 6 nitrogen and oxygen atoms in total. The molecule has 0 spiro atoms. The molecule has 1 unspecified atom stereocenters. The molecule has 1 aliphatic heterocycles. The van der Waals surface area contributed by atoms with E-state index in [0.717, 1.165) is 12.5 Å². The fraction of sp³-hybridized carbons (Fsp3) is 0.400. The minimum atomic E-state index is -0.453. The van der Waals surface area contributed by atoms with Crippen molar-refractivity contribution < 1.29 is 18.4 Å². The highest BCUT2D eigenvalue weighted by molar-refractivity contribution is 6.32. The molecule has 0 bridgehead atoms. The van der Waals surface area contributed by atoms with Crippen LogP contribution in [0.2, 0.25) is 5.02 Å². The van der Waals surface area contributed by atoms with Crippen LogP contribution in [0.1, 0.15) is 24.1 Å². The Kier molecular flexibility index (Phi) is 4.47. The van der Waals surface area contributed by atoms with E-state index in [1.807, 2.05) is 0 Å². The topological polar surface area (TPSA) is 68.5 Å². The zero-order valence-corrected chi connectivity index (χ0v) is 13.2. The van der Waals surface area contributed by atoms with Crippen molar-refractivity contribution in [2.24, 2.45) is 0 Å². The number of rotatable bonds is 4. The summed E-state index contributed by atoms with van der Waals surface area (Å²) in [5.74, 6) is 0.855. The maximum atomic E-state index is 13.0. The van der Waals surface area contributed by atoms with Gasteiger partial charge in [0.05, 0.1) is 10.9 Å². The minimum Gasteiger partial charge on any atom is -0.482 e. The Hall–Kier alpha value is -2.15. The van der Waals surface area contributed by atoms with Crippen molar-refractivity contribution in [3.8, 4) is 5.75 Å². The summed E-state index contributed by atoms with van der Waals surface area (Å²) >= 11 is 5.86. The zero-order valence-electron chi connectivity index (χ0n) is 12.5. The van der Waals surface area contributed by atoms with Crippen molar-refractivity contribution in [1.29, 1.82) is 0 Å². The summed E-state index contributed by atoms with van der Waals surface area (Å²) in [6.45, 7) is 2.72. The highest BCUT2D eigenvalue weighted by Crippen LogP contribution is 2.27. The molecule has 122 valence electrons. The molecule has 2 heterocycles. The molecule has 8 heteroatoms. The highest BCUT2D eigenvalue weighted by atomic mass is 35.5. The fourth-order valence-corrected chi connectivity index (χ4v) is 2.71. The van der Waals surface area contributed by atoms with E-state index < -0.39 is 5.82 Å². The molecule has 0 N–H and O–H groups in total. The number of hydrogen-bond acceptors (Lipinski definition) is 5. The number of amides is 1. The highest BCUT2D eigenvalue weighted by Gasteiger charge is 2.31. The second kappa shape index (κ2) is 6.54. The number of carbonyl (C=O) groups is 1. The number of carbonyl (C=O) groups excluding carboxylic acids is 1. The van der Waals surface area contributed by atoms with Gasteiger partial charge in [0.25, 0.3) is 5.91 Å². The average Bonchev–Trinajstić information content (AvgIpc) is 3.14. The van der Waals surface area contributed by atoms with Gasteiger partial charge in [0.15, 0.2) is 12.4 Å². The van der Waals surface area contributed by atoms with E-state index in [-0.39, 0.29) is 29.2 Å². The van der Waals surface area contributed by atoms with E-state index >= 15 is 0 Å². The van der Waals surface area contributed by atoms with Crippen LogP contribution in [0.3, 0.4) is 0 Å². The molecule has 1 amide bonds. The maximum Gasteiger partial charge on any atom is 0.260 e. The number of aryl methyl sites for hydroxylation is 1. The van der Waals surface area contributed by atoms with Crippen molar-refractivity contribution in [2.75, 3.05) is 19.7 Å². The molecule has 0 aliphatic carbocycles. The van der Waals surface area contributed by atoms with Gasteiger partial charge in [-0.15, -0.1) is 0 Å². The predicted molar refractivity (Wildman–Crippen MR) is 79.9 cm³/mol. The molecular weight excluding hydrogens is 325 g/mol.